The molecule has 3 rings (SSSR count). The van der Waals surface area contributed by atoms with Crippen LogP contribution in [0, 0.1) is 0 Å². The van der Waals surface area contributed by atoms with E-state index in [1.54, 1.807) is 0 Å². The van der Waals surface area contributed by atoms with E-state index in [0.717, 1.165) is 31.4 Å². The quantitative estimate of drug-likeness (QED) is 0.876. The molecule has 2 aliphatic rings. The minimum atomic E-state index is -0.460. The van der Waals surface area contributed by atoms with Crippen LogP contribution < -0.4 is 21.1 Å². The van der Waals surface area contributed by atoms with Crippen LogP contribution in [-0.2, 0) is 0 Å². The van der Waals surface area contributed by atoms with Crippen molar-refractivity contribution in [3.63, 3.8) is 0 Å². The molecule has 4 N–H and O–H groups in total. The molecule has 1 aromatic rings. The zero-order valence-corrected chi connectivity index (χ0v) is 14.9. The number of guanidine groups is 2. The Morgan fingerprint density at radius 3 is 2.54 bits per heavy atom. The molecule has 7 heteroatoms. The fraction of sp³-hybridized carbons (Fsp3) is 0.529. The van der Waals surface area contributed by atoms with E-state index in [1.165, 1.54) is 6.42 Å². The van der Waals surface area contributed by atoms with Crippen molar-refractivity contribution in [2.45, 2.75) is 57.7 Å². The summed E-state index contributed by atoms with van der Waals surface area (Å²) in [7, 11) is 0. The number of aliphatic imine (C=N–C) groups is 2. The summed E-state index contributed by atoms with van der Waals surface area (Å²) in [5.74, 6) is 1.26. The van der Waals surface area contributed by atoms with Crippen molar-refractivity contribution in [3.05, 3.63) is 23.2 Å². The Labute approximate surface area is 147 Å². The summed E-state index contributed by atoms with van der Waals surface area (Å²) in [6.07, 6.45) is 5.22. The molecule has 0 unspecified atom stereocenters. The van der Waals surface area contributed by atoms with Crippen LogP contribution in [0.5, 0.6) is 5.75 Å². The Kier molecular flexibility index (Phi) is 4.58. The molecule has 1 aliphatic heterocycles. The summed E-state index contributed by atoms with van der Waals surface area (Å²) in [6.45, 7) is 3.93. The number of nitrogens with zero attached hydrogens (tertiary/aromatic N) is 3. The van der Waals surface area contributed by atoms with Gasteiger partial charge in [-0.1, -0.05) is 18.0 Å². The predicted octanol–water partition coefficient (Wildman–Crippen LogP) is 3.24. The second kappa shape index (κ2) is 6.51. The lowest BCUT2D eigenvalue weighted by Gasteiger charge is -2.45. The molecule has 1 spiro atoms. The van der Waals surface area contributed by atoms with E-state index in [1.807, 2.05) is 36.9 Å². The Morgan fingerprint density at radius 2 is 1.92 bits per heavy atom. The van der Waals surface area contributed by atoms with Crippen LogP contribution in [0.2, 0.25) is 5.02 Å². The highest BCUT2D eigenvalue weighted by Gasteiger charge is 2.42. The Morgan fingerprint density at radius 1 is 1.21 bits per heavy atom. The smallest absolute Gasteiger partial charge is 0.220 e. The van der Waals surface area contributed by atoms with E-state index in [9.17, 15) is 0 Å². The van der Waals surface area contributed by atoms with E-state index >= 15 is 0 Å². The molecule has 0 amide bonds. The number of hydrogen-bond donors (Lipinski definition) is 2. The molecule has 0 bridgehead atoms. The van der Waals surface area contributed by atoms with E-state index in [0.29, 0.717) is 16.7 Å². The van der Waals surface area contributed by atoms with Crippen LogP contribution in [0.1, 0.15) is 46.0 Å². The van der Waals surface area contributed by atoms with Gasteiger partial charge in [0.15, 0.2) is 0 Å². The minimum absolute atomic E-state index is 0.0593. The minimum Gasteiger partial charge on any atom is -0.489 e. The standard InChI is InChI=1S/C17H24ClN5O/c1-11(2)24-14-7-6-12(10-13(14)18)23-16(20)21-15(19)22-17(23)8-4-3-5-9-17/h6-7,10-11H,3-5,8-9H2,1-2H3,(H4,19,20,21,22). The van der Waals surface area contributed by atoms with Gasteiger partial charge >= 0.3 is 0 Å². The molecular formula is C17H24ClN5O. The van der Waals surface area contributed by atoms with Gasteiger partial charge in [-0.25, -0.2) is 4.99 Å². The lowest BCUT2D eigenvalue weighted by atomic mass is 9.87. The highest BCUT2D eigenvalue weighted by molar-refractivity contribution is 6.32. The van der Waals surface area contributed by atoms with E-state index in [2.05, 4.69) is 9.98 Å². The van der Waals surface area contributed by atoms with Gasteiger partial charge in [0, 0.05) is 5.69 Å². The predicted molar refractivity (Wildman–Crippen MR) is 98.8 cm³/mol. The Hall–Kier alpha value is -1.95. The van der Waals surface area contributed by atoms with Gasteiger partial charge in [0.1, 0.15) is 11.4 Å². The highest BCUT2D eigenvalue weighted by atomic mass is 35.5. The van der Waals surface area contributed by atoms with Gasteiger partial charge in [0.2, 0.25) is 11.9 Å². The third-order valence-corrected chi connectivity index (χ3v) is 4.68. The fourth-order valence-corrected chi connectivity index (χ4v) is 3.69. The Balaban J connectivity index is 1.99. The first-order valence-corrected chi connectivity index (χ1v) is 8.75. The van der Waals surface area contributed by atoms with Crippen LogP contribution in [0.25, 0.3) is 0 Å². The molecule has 130 valence electrons. The van der Waals surface area contributed by atoms with Crippen molar-refractivity contribution >= 4 is 29.2 Å². The van der Waals surface area contributed by atoms with Gasteiger partial charge in [0.05, 0.1) is 11.1 Å². The van der Waals surface area contributed by atoms with Crippen LogP contribution in [0.15, 0.2) is 28.2 Å². The molecule has 24 heavy (non-hydrogen) atoms. The van der Waals surface area contributed by atoms with Crippen LogP contribution in [0.3, 0.4) is 0 Å². The van der Waals surface area contributed by atoms with Crippen molar-refractivity contribution in [1.29, 1.82) is 0 Å². The molecular weight excluding hydrogens is 326 g/mol. The number of rotatable bonds is 3. The lowest BCUT2D eigenvalue weighted by molar-refractivity contribution is 0.242. The topological polar surface area (TPSA) is 89.2 Å². The second-order valence-corrected chi connectivity index (χ2v) is 7.01. The molecule has 0 aromatic heterocycles. The number of halogens is 1. The summed E-state index contributed by atoms with van der Waals surface area (Å²) in [6, 6.07) is 5.66. The number of nitrogens with two attached hydrogens (primary N) is 2. The molecule has 0 atom stereocenters. The average molecular weight is 350 g/mol. The van der Waals surface area contributed by atoms with E-state index in [-0.39, 0.29) is 12.1 Å². The molecule has 1 saturated carbocycles. The third-order valence-electron chi connectivity index (χ3n) is 4.39. The molecule has 1 heterocycles. The number of anilines is 1. The number of hydrogen-bond acceptors (Lipinski definition) is 6. The van der Waals surface area contributed by atoms with E-state index in [4.69, 9.17) is 27.8 Å². The molecule has 1 aromatic carbocycles. The summed E-state index contributed by atoms with van der Waals surface area (Å²) < 4.78 is 5.71. The van der Waals surface area contributed by atoms with Crippen molar-refractivity contribution in [2.24, 2.45) is 21.5 Å². The monoisotopic (exact) mass is 349 g/mol. The summed E-state index contributed by atoms with van der Waals surface area (Å²) in [5.41, 5.74) is 12.5. The van der Waals surface area contributed by atoms with Gasteiger partial charge < -0.3 is 16.2 Å². The Bertz CT molecular complexity index is 680. The summed E-state index contributed by atoms with van der Waals surface area (Å²) in [4.78, 5) is 10.8. The lowest BCUT2D eigenvalue weighted by Crippen LogP contribution is -2.58. The van der Waals surface area contributed by atoms with Crippen molar-refractivity contribution in [2.75, 3.05) is 4.90 Å². The van der Waals surface area contributed by atoms with Crippen molar-refractivity contribution in [1.82, 2.24) is 0 Å². The summed E-state index contributed by atoms with van der Waals surface area (Å²) in [5, 5.41) is 0.544. The number of benzene rings is 1. The molecule has 6 nitrogen and oxygen atoms in total. The van der Waals surface area contributed by atoms with Crippen molar-refractivity contribution in [3.8, 4) is 5.75 Å². The van der Waals surface area contributed by atoms with Gasteiger partial charge in [-0.05, 0) is 57.7 Å². The highest BCUT2D eigenvalue weighted by Crippen LogP contribution is 2.41. The molecule has 0 radical (unpaired) electrons. The van der Waals surface area contributed by atoms with E-state index < -0.39 is 5.66 Å². The van der Waals surface area contributed by atoms with Gasteiger partial charge in [0.25, 0.3) is 0 Å². The maximum atomic E-state index is 6.40. The second-order valence-electron chi connectivity index (χ2n) is 6.60. The normalized spacial score (nSPS) is 20.1. The van der Waals surface area contributed by atoms with Crippen molar-refractivity contribution < 1.29 is 4.74 Å². The maximum Gasteiger partial charge on any atom is 0.220 e. The van der Waals surface area contributed by atoms with Gasteiger partial charge in [-0.15, -0.1) is 0 Å². The fourth-order valence-electron chi connectivity index (χ4n) is 3.47. The first-order valence-electron chi connectivity index (χ1n) is 8.37. The largest absolute Gasteiger partial charge is 0.489 e. The maximum absolute atomic E-state index is 6.40. The SMILES string of the molecule is CC(C)Oc1ccc(N2C(N)=NC(N)=NC23CCCCC3)cc1Cl. The first-order chi connectivity index (χ1) is 11.4. The zero-order chi connectivity index (χ0) is 17.3. The average Bonchev–Trinajstić information content (AvgIpc) is 2.49. The zero-order valence-electron chi connectivity index (χ0n) is 14.1. The number of ether oxygens (including phenoxy) is 1. The van der Waals surface area contributed by atoms with Crippen LogP contribution in [-0.4, -0.2) is 23.7 Å². The summed E-state index contributed by atoms with van der Waals surface area (Å²) >= 11 is 6.40. The molecule has 0 saturated heterocycles. The van der Waals surface area contributed by atoms with Gasteiger partial charge in [-0.2, -0.15) is 4.99 Å². The third kappa shape index (κ3) is 3.15. The van der Waals surface area contributed by atoms with Gasteiger partial charge in [-0.3, -0.25) is 4.90 Å². The molecule has 1 fully saturated rings. The first kappa shape index (κ1) is 16.9. The van der Waals surface area contributed by atoms with Crippen LogP contribution in [0.4, 0.5) is 5.69 Å². The molecule has 1 aliphatic carbocycles. The van der Waals surface area contributed by atoms with Crippen LogP contribution >= 0.6 is 11.6 Å².